The van der Waals surface area contributed by atoms with Gasteiger partial charge in [0, 0.05) is 57.8 Å². The fraction of sp³-hybridized carbons (Fsp3) is 0.0870. The van der Waals surface area contributed by atoms with Gasteiger partial charge in [-0.05, 0) is 145 Å². The van der Waals surface area contributed by atoms with Gasteiger partial charge in [-0.2, -0.15) is 0 Å². The molecule has 0 amide bonds. The summed E-state index contributed by atoms with van der Waals surface area (Å²) < 4.78 is 4.71. The molecule has 6 heteroatoms. The van der Waals surface area contributed by atoms with Gasteiger partial charge >= 0.3 is 0 Å². The van der Waals surface area contributed by atoms with Gasteiger partial charge < -0.3 is 0 Å². The quantitative estimate of drug-likeness (QED) is 0.187. The highest BCUT2D eigenvalue weighted by Gasteiger charge is 2.27. The highest BCUT2D eigenvalue weighted by atomic mass is 15.1. The Morgan fingerprint density at radius 2 is 1.04 bits per heavy atom. The second kappa shape index (κ2) is 11.4. The number of benzene rings is 3. The van der Waals surface area contributed by atoms with E-state index >= 15 is 0 Å². The summed E-state index contributed by atoms with van der Waals surface area (Å²) in [6, 6.07) is 41.0. The van der Waals surface area contributed by atoms with Crippen molar-refractivity contribution in [2.75, 3.05) is 0 Å². The van der Waals surface area contributed by atoms with Crippen molar-refractivity contribution in [1.82, 2.24) is 29.1 Å². The van der Waals surface area contributed by atoms with Crippen molar-refractivity contribution in [3.63, 3.8) is 0 Å². The zero-order valence-corrected chi connectivity index (χ0v) is 28.4. The number of pyridine rings is 4. The molecular weight excluding hydrogens is 637 g/mol. The van der Waals surface area contributed by atoms with E-state index in [1.54, 1.807) is 0 Å². The van der Waals surface area contributed by atoms with Crippen LogP contribution in [-0.2, 0) is 19.3 Å². The minimum Gasteiger partial charge on any atom is -0.298 e. The van der Waals surface area contributed by atoms with Crippen molar-refractivity contribution < 1.29 is 0 Å². The van der Waals surface area contributed by atoms with Gasteiger partial charge in [-0.25, -0.2) is 9.97 Å². The Morgan fingerprint density at radius 1 is 0.442 bits per heavy atom. The van der Waals surface area contributed by atoms with Crippen LogP contribution < -0.4 is 0 Å². The first kappa shape index (κ1) is 29.1. The molecule has 6 aromatic heterocycles. The lowest BCUT2D eigenvalue weighted by Gasteiger charge is -2.21. The van der Waals surface area contributed by atoms with Crippen molar-refractivity contribution in [3.05, 3.63) is 168 Å². The van der Waals surface area contributed by atoms with E-state index in [0.29, 0.717) is 0 Å². The third-order valence-electron chi connectivity index (χ3n) is 10.9. The maximum Gasteiger partial charge on any atom is 0.137 e. The summed E-state index contributed by atoms with van der Waals surface area (Å²) >= 11 is 0. The average Bonchev–Trinajstić information content (AvgIpc) is 3.71. The first-order valence-corrected chi connectivity index (χ1v) is 18.0. The van der Waals surface area contributed by atoms with Crippen LogP contribution in [0.5, 0.6) is 0 Å². The van der Waals surface area contributed by atoms with Crippen molar-refractivity contribution >= 4 is 44.4 Å². The van der Waals surface area contributed by atoms with Gasteiger partial charge in [0.15, 0.2) is 0 Å². The highest BCUT2D eigenvalue weighted by molar-refractivity contribution is 6.12. The van der Waals surface area contributed by atoms with E-state index in [9.17, 15) is 0 Å². The van der Waals surface area contributed by atoms with E-state index in [-0.39, 0.29) is 0 Å². The smallest absolute Gasteiger partial charge is 0.137 e. The predicted molar refractivity (Wildman–Crippen MR) is 210 cm³/mol. The maximum absolute atomic E-state index is 4.87. The van der Waals surface area contributed by atoms with Crippen molar-refractivity contribution in [2.24, 2.45) is 0 Å². The zero-order valence-electron chi connectivity index (χ0n) is 28.4. The number of nitrogens with zero attached hydrogens (tertiary/aromatic N) is 6. The first-order valence-electron chi connectivity index (χ1n) is 18.0. The Balaban J connectivity index is 1.16. The van der Waals surface area contributed by atoms with Gasteiger partial charge in [-0.15, -0.1) is 0 Å². The SMILES string of the molecule is C1=C(c2ccccn2)CCc2c1c1cc3c(cc1n2-c1ccccn1)-c1cc2c(cc1CC3)c1cc(-c3ccccn3)ccc1n2-c1ccccn1. The molecule has 0 fully saturated rings. The van der Waals surface area contributed by atoms with E-state index in [1.807, 2.05) is 55.1 Å². The van der Waals surface area contributed by atoms with E-state index in [1.165, 1.54) is 60.8 Å². The van der Waals surface area contributed by atoms with E-state index in [4.69, 9.17) is 15.0 Å². The Kier molecular flexibility index (Phi) is 6.40. The van der Waals surface area contributed by atoms with Gasteiger partial charge in [0.2, 0.25) is 0 Å². The monoisotopic (exact) mass is 668 g/mol. The van der Waals surface area contributed by atoms with Gasteiger partial charge in [0.1, 0.15) is 11.6 Å². The molecular formula is C46H32N6. The minimum atomic E-state index is 0.909. The van der Waals surface area contributed by atoms with Crippen molar-refractivity contribution in [1.29, 1.82) is 0 Å². The molecule has 0 bridgehead atoms. The van der Waals surface area contributed by atoms with Crippen molar-refractivity contribution in [2.45, 2.75) is 25.7 Å². The van der Waals surface area contributed by atoms with Crippen LogP contribution in [0.1, 0.15) is 34.5 Å². The second-order valence-corrected chi connectivity index (χ2v) is 13.8. The standard InChI is InChI=1S/C46H32N6/c1-5-19-47-39(9-1)31-15-17-41-35(25-31)37-23-29-13-14-30-24-38-36-26-32(40-10-2-6-20-48-40)16-18-42(36)52(46-12-4-8-22-50-46)44(38)28-34(30)33(29)27-43(37)51(41)45-11-3-7-21-49-45/h1-12,15,17,19-28H,13-14,16,18H2. The molecule has 246 valence electrons. The van der Waals surface area contributed by atoms with Crippen LogP contribution in [0.15, 0.2) is 140 Å². The van der Waals surface area contributed by atoms with Crippen LogP contribution in [0, 0.1) is 0 Å². The molecule has 6 heterocycles. The van der Waals surface area contributed by atoms with E-state index in [0.717, 1.165) is 65.3 Å². The molecule has 2 aliphatic carbocycles. The normalized spacial score (nSPS) is 13.6. The summed E-state index contributed by atoms with van der Waals surface area (Å²) in [6.45, 7) is 0. The minimum absolute atomic E-state index is 0.909. The molecule has 0 aliphatic heterocycles. The van der Waals surface area contributed by atoms with Gasteiger partial charge in [0.05, 0.1) is 27.9 Å². The van der Waals surface area contributed by atoms with Crippen LogP contribution in [0.3, 0.4) is 0 Å². The molecule has 0 saturated heterocycles. The molecule has 0 N–H and O–H groups in total. The molecule has 2 aliphatic rings. The number of hydrogen-bond acceptors (Lipinski definition) is 4. The summed E-state index contributed by atoms with van der Waals surface area (Å²) in [5, 5.41) is 3.72. The summed E-state index contributed by atoms with van der Waals surface area (Å²) in [7, 11) is 0. The number of rotatable bonds is 4. The van der Waals surface area contributed by atoms with Gasteiger partial charge in [-0.3, -0.25) is 19.1 Å². The molecule has 3 aromatic carbocycles. The summed E-state index contributed by atoms with van der Waals surface area (Å²) in [6.07, 6.45) is 13.7. The lowest BCUT2D eigenvalue weighted by Crippen LogP contribution is -2.07. The van der Waals surface area contributed by atoms with Crippen LogP contribution in [0.4, 0.5) is 0 Å². The van der Waals surface area contributed by atoms with E-state index in [2.05, 4.69) is 105 Å². The molecule has 0 atom stereocenters. The Labute approximate surface area is 300 Å². The molecule has 6 nitrogen and oxygen atoms in total. The van der Waals surface area contributed by atoms with Gasteiger partial charge in [-0.1, -0.05) is 30.3 Å². The Morgan fingerprint density at radius 3 is 1.69 bits per heavy atom. The topological polar surface area (TPSA) is 61.4 Å². The molecule has 52 heavy (non-hydrogen) atoms. The highest BCUT2D eigenvalue weighted by Crippen LogP contribution is 2.45. The molecule has 9 aromatic rings. The second-order valence-electron chi connectivity index (χ2n) is 13.8. The largest absolute Gasteiger partial charge is 0.298 e. The van der Waals surface area contributed by atoms with Gasteiger partial charge in [0.25, 0.3) is 0 Å². The number of hydrogen-bond donors (Lipinski definition) is 0. The van der Waals surface area contributed by atoms with Crippen LogP contribution in [0.2, 0.25) is 0 Å². The van der Waals surface area contributed by atoms with Crippen LogP contribution >= 0.6 is 0 Å². The van der Waals surface area contributed by atoms with Crippen molar-refractivity contribution in [3.8, 4) is 34.0 Å². The number of aryl methyl sites for hydroxylation is 2. The predicted octanol–water partition coefficient (Wildman–Crippen LogP) is 10.2. The van der Waals surface area contributed by atoms with Crippen LogP contribution in [-0.4, -0.2) is 29.1 Å². The number of fused-ring (bicyclic) bond motifs is 9. The van der Waals surface area contributed by atoms with E-state index < -0.39 is 0 Å². The fourth-order valence-electron chi connectivity index (χ4n) is 8.59. The first-order chi connectivity index (χ1) is 25.8. The molecule has 0 radical (unpaired) electrons. The fourth-order valence-corrected chi connectivity index (χ4v) is 8.59. The third kappa shape index (κ3) is 4.44. The van der Waals surface area contributed by atoms with Crippen LogP contribution in [0.25, 0.3) is 78.4 Å². The molecule has 0 spiro atoms. The Bertz CT molecular complexity index is 2870. The molecule has 0 saturated carbocycles. The molecule has 0 unspecified atom stereocenters. The summed E-state index contributed by atoms with van der Waals surface area (Å²) in [4.78, 5) is 19.1. The summed E-state index contributed by atoms with van der Waals surface area (Å²) in [5.74, 6) is 1.86. The maximum atomic E-state index is 4.87. The molecule has 11 rings (SSSR count). The lowest BCUT2D eigenvalue weighted by atomic mass is 9.83. The zero-order chi connectivity index (χ0) is 34.2. The average molecular weight is 669 g/mol. The summed E-state index contributed by atoms with van der Waals surface area (Å²) in [5.41, 5.74) is 15.8. The Hall–Kier alpha value is -6.66. The third-order valence-corrected chi connectivity index (χ3v) is 10.9. The number of aromatic nitrogens is 6. The lowest BCUT2D eigenvalue weighted by molar-refractivity contribution is 0.876. The number of allylic oxidation sites excluding steroid dienone is 1.